The zero-order valence-corrected chi connectivity index (χ0v) is 17.1. The molecular formula is C23H23N3O2S. The highest BCUT2D eigenvalue weighted by atomic mass is 32.1. The molecule has 1 atom stereocenters. The molecule has 148 valence electrons. The first kappa shape index (κ1) is 19.3. The highest BCUT2D eigenvalue weighted by Crippen LogP contribution is 2.38. The van der Waals surface area contributed by atoms with Crippen molar-refractivity contribution >= 4 is 23.2 Å². The monoisotopic (exact) mass is 405 g/mol. The van der Waals surface area contributed by atoms with E-state index in [0.717, 1.165) is 11.1 Å². The molecule has 6 heteroatoms. The number of thiophene rings is 1. The Balaban J connectivity index is 1.63. The minimum absolute atomic E-state index is 0.0187. The number of carbonyl (C=O) groups is 2. The van der Waals surface area contributed by atoms with Crippen molar-refractivity contribution in [2.45, 2.75) is 12.8 Å². The second-order valence-corrected chi connectivity index (χ2v) is 8.31. The number of hydrogen-bond donors (Lipinski definition) is 1. The maximum Gasteiger partial charge on any atom is 0.272 e. The number of benzene rings is 1. The van der Waals surface area contributed by atoms with Crippen LogP contribution in [0.15, 0.2) is 66.2 Å². The molecule has 0 aliphatic carbocycles. The molecule has 5 nitrogen and oxygen atoms in total. The molecule has 0 unspecified atom stereocenters. The van der Waals surface area contributed by atoms with Crippen LogP contribution in [0.5, 0.6) is 0 Å². The maximum absolute atomic E-state index is 13.0. The Bertz CT molecular complexity index is 1000. The molecule has 0 bridgehead atoms. The normalized spacial score (nSPS) is 18.6. The Labute approximate surface area is 174 Å². The smallest absolute Gasteiger partial charge is 0.272 e. The number of rotatable bonds is 5. The summed E-state index contributed by atoms with van der Waals surface area (Å²) in [7, 11) is 1.67. The van der Waals surface area contributed by atoms with Gasteiger partial charge in [0.15, 0.2) is 0 Å². The Morgan fingerprint density at radius 1 is 1.14 bits per heavy atom. The first-order valence-electron chi connectivity index (χ1n) is 9.67. The summed E-state index contributed by atoms with van der Waals surface area (Å²) in [6.45, 7) is 0.935. The molecule has 1 fully saturated rings. The number of aromatic nitrogens is 1. The van der Waals surface area contributed by atoms with Gasteiger partial charge in [0.05, 0.1) is 5.41 Å². The van der Waals surface area contributed by atoms with Gasteiger partial charge in [0.2, 0.25) is 5.91 Å². The molecule has 1 saturated heterocycles. The van der Waals surface area contributed by atoms with Gasteiger partial charge < -0.3 is 10.2 Å². The van der Waals surface area contributed by atoms with Gasteiger partial charge in [0.1, 0.15) is 5.69 Å². The fourth-order valence-electron chi connectivity index (χ4n) is 4.08. The Morgan fingerprint density at radius 3 is 2.69 bits per heavy atom. The Hall–Kier alpha value is -2.99. The fraction of sp³-hybridized carbons (Fsp3) is 0.261. The minimum atomic E-state index is -0.646. The lowest BCUT2D eigenvalue weighted by Gasteiger charge is -2.28. The highest BCUT2D eigenvalue weighted by Gasteiger charge is 2.46. The molecule has 1 aliphatic rings. The topological polar surface area (TPSA) is 62.3 Å². The van der Waals surface area contributed by atoms with Crippen molar-refractivity contribution in [2.75, 3.05) is 20.1 Å². The van der Waals surface area contributed by atoms with Gasteiger partial charge in [-0.3, -0.25) is 14.6 Å². The number of carbonyl (C=O) groups excluding carboxylic acids is 2. The molecule has 0 radical (unpaired) electrons. The van der Waals surface area contributed by atoms with Crippen LogP contribution in [0.25, 0.3) is 10.4 Å². The molecule has 29 heavy (non-hydrogen) atoms. The Kier molecular flexibility index (Phi) is 5.45. The van der Waals surface area contributed by atoms with Gasteiger partial charge in [-0.05, 0) is 47.5 Å². The van der Waals surface area contributed by atoms with E-state index in [1.54, 1.807) is 47.7 Å². The van der Waals surface area contributed by atoms with E-state index >= 15 is 0 Å². The van der Waals surface area contributed by atoms with Crippen LogP contribution in [-0.2, 0) is 11.2 Å². The van der Waals surface area contributed by atoms with Crippen LogP contribution < -0.4 is 5.32 Å². The average Bonchev–Trinajstić information content (AvgIpc) is 3.45. The predicted molar refractivity (Wildman–Crippen MR) is 115 cm³/mol. The van der Waals surface area contributed by atoms with Crippen LogP contribution in [0.3, 0.4) is 0 Å². The summed E-state index contributed by atoms with van der Waals surface area (Å²) in [4.78, 5) is 33.0. The molecule has 3 heterocycles. The highest BCUT2D eigenvalue weighted by molar-refractivity contribution is 7.13. The summed E-state index contributed by atoms with van der Waals surface area (Å²) < 4.78 is 0. The third kappa shape index (κ3) is 3.80. The van der Waals surface area contributed by atoms with E-state index in [4.69, 9.17) is 0 Å². The number of nitrogens with zero attached hydrogens (tertiary/aromatic N) is 2. The molecule has 4 rings (SSSR count). The van der Waals surface area contributed by atoms with Crippen LogP contribution >= 0.6 is 11.3 Å². The summed E-state index contributed by atoms with van der Waals surface area (Å²) >= 11 is 1.69. The van der Waals surface area contributed by atoms with Crippen LogP contribution in [-0.4, -0.2) is 41.8 Å². The minimum Gasteiger partial charge on any atom is -0.359 e. The Morgan fingerprint density at radius 2 is 1.97 bits per heavy atom. The van der Waals surface area contributed by atoms with Crippen LogP contribution in [0.1, 0.15) is 22.5 Å². The second-order valence-electron chi connectivity index (χ2n) is 7.36. The average molecular weight is 406 g/mol. The van der Waals surface area contributed by atoms with Crippen molar-refractivity contribution < 1.29 is 9.59 Å². The van der Waals surface area contributed by atoms with E-state index in [-0.39, 0.29) is 11.8 Å². The van der Waals surface area contributed by atoms with Crippen molar-refractivity contribution in [3.8, 4) is 10.4 Å². The van der Waals surface area contributed by atoms with E-state index in [1.165, 1.54) is 4.88 Å². The van der Waals surface area contributed by atoms with Crippen LogP contribution in [0.4, 0.5) is 0 Å². The molecule has 2 aromatic heterocycles. The van der Waals surface area contributed by atoms with Crippen molar-refractivity contribution in [3.63, 3.8) is 0 Å². The SMILES string of the molecule is CNC(=O)[C@]1(Cc2ccccc2-c2cccs2)CCN(C(=O)c2ccccn2)C1. The first-order valence-corrected chi connectivity index (χ1v) is 10.6. The fourth-order valence-corrected chi connectivity index (χ4v) is 4.87. The van der Waals surface area contributed by atoms with Crippen LogP contribution in [0, 0.1) is 5.41 Å². The van der Waals surface area contributed by atoms with E-state index in [2.05, 4.69) is 33.9 Å². The van der Waals surface area contributed by atoms with Gasteiger partial charge in [-0.15, -0.1) is 11.3 Å². The first-order chi connectivity index (χ1) is 14.1. The lowest BCUT2D eigenvalue weighted by atomic mass is 9.78. The molecule has 0 spiro atoms. The van der Waals surface area contributed by atoms with Gasteiger partial charge in [-0.2, -0.15) is 0 Å². The van der Waals surface area contributed by atoms with E-state index in [9.17, 15) is 9.59 Å². The standard InChI is InChI=1S/C23H23N3O2S/c1-24-22(28)23(11-13-26(16-23)21(27)19-9-4-5-12-25-19)15-17-7-2-3-8-18(17)20-10-6-14-29-20/h2-10,12,14H,11,13,15-16H2,1H3,(H,24,28)/t23-/m0/s1. The van der Waals surface area contributed by atoms with Crippen LogP contribution in [0.2, 0.25) is 0 Å². The van der Waals surface area contributed by atoms with Crippen molar-refractivity contribution in [1.29, 1.82) is 0 Å². The predicted octanol–water partition coefficient (Wildman–Crippen LogP) is 3.63. The summed E-state index contributed by atoms with van der Waals surface area (Å²) in [5.41, 5.74) is 2.05. The molecule has 1 N–H and O–H groups in total. The van der Waals surface area contributed by atoms with Gasteiger partial charge in [0.25, 0.3) is 5.91 Å². The largest absolute Gasteiger partial charge is 0.359 e. The lowest BCUT2D eigenvalue weighted by molar-refractivity contribution is -0.129. The zero-order chi connectivity index (χ0) is 20.3. The third-order valence-corrected chi connectivity index (χ3v) is 6.47. The second kappa shape index (κ2) is 8.17. The summed E-state index contributed by atoms with van der Waals surface area (Å²) in [6, 6.07) is 17.7. The number of hydrogen-bond acceptors (Lipinski definition) is 4. The number of likely N-dealkylation sites (tertiary alicyclic amines) is 1. The third-order valence-electron chi connectivity index (χ3n) is 5.57. The van der Waals surface area contributed by atoms with Gasteiger partial charge >= 0.3 is 0 Å². The van der Waals surface area contributed by atoms with E-state index in [1.807, 2.05) is 18.2 Å². The van der Waals surface area contributed by atoms with Gasteiger partial charge in [-0.25, -0.2) is 0 Å². The van der Waals surface area contributed by atoms with Crippen molar-refractivity contribution in [1.82, 2.24) is 15.2 Å². The van der Waals surface area contributed by atoms with E-state index < -0.39 is 5.41 Å². The molecule has 1 aromatic carbocycles. The molecular weight excluding hydrogens is 382 g/mol. The van der Waals surface area contributed by atoms with Crippen molar-refractivity contribution in [3.05, 3.63) is 77.4 Å². The van der Waals surface area contributed by atoms with Crippen molar-refractivity contribution in [2.24, 2.45) is 5.41 Å². The summed E-state index contributed by atoms with van der Waals surface area (Å²) in [5, 5.41) is 4.89. The van der Waals surface area contributed by atoms with Gasteiger partial charge in [-0.1, -0.05) is 36.4 Å². The molecule has 0 saturated carbocycles. The molecule has 1 aliphatic heterocycles. The maximum atomic E-state index is 13.0. The quantitative estimate of drug-likeness (QED) is 0.705. The summed E-state index contributed by atoms with van der Waals surface area (Å²) in [6.07, 6.45) is 2.84. The van der Waals surface area contributed by atoms with E-state index in [0.29, 0.717) is 31.6 Å². The number of amides is 2. The number of nitrogens with one attached hydrogen (secondary N) is 1. The zero-order valence-electron chi connectivity index (χ0n) is 16.3. The summed E-state index contributed by atoms with van der Waals surface area (Å²) in [5.74, 6) is -0.141. The molecule has 2 amide bonds. The lowest BCUT2D eigenvalue weighted by Crippen LogP contribution is -2.44. The van der Waals surface area contributed by atoms with Gasteiger partial charge in [0, 0.05) is 31.2 Å². The molecule has 3 aromatic rings. The number of pyridine rings is 1.